The Bertz CT molecular complexity index is 1380. The van der Waals surface area contributed by atoms with Crippen LogP contribution in [0.3, 0.4) is 0 Å². The molecular weight excluding hydrogens is 462 g/mol. The number of phenols is 1. The maximum atomic E-state index is 12.9. The van der Waals surface area contributed by atoms with E-state index < -0.39 is 17.8 Å². The van der Waals surface area contributed by atoms with Gasteiger partial charge in [-0.1, -0.05) is 29.8 Å². The molecule has 1 fully saturated rings. The summed E-state index contributed by atoms with van der Waals surface area (Å²) in [4.78, 5) is 50.6. The molecule has 5 amide bonds. The van der Waals surface area contributed by atoms with Crippen molar-refractivity contribution in [2.45, 2.75) is 13.8 Å². The molecule has 182 valence electrons. The van der Waals surface area contributed by atoms with Crippen molar-refractivity contribution in [1.29, 1.82) is 0 Å². The molecule has 9 heteroatoms. The van der Waals surface area contributed by atoms with Crippen molar-refractivity contribution in [2.75, 3.05) is 16.8 Å². The molecule has 1 aliphatic rings. The van der Waals surface area contributed by atoms with Crippen molar-refractivity contribution < 1.29 is 29.0 Å². The Hall–Kier alpha value is -4.92. The van der Waals surface area contributed by atoms with Crippen LogP contribution in [0.2, 0.25) is 0 Å². The zero-order chi connectivity index (χ0) is 25.8. The molecule has 0 radical (unpaired) electrons. The number of nitrogens with zero attached hydrogens (tertiary/aromatic N) is 1. The number of amides is 5. The Kier molecular flexibility index (Phi) is 6.82. The molecule has 0 aliphatic carbocycles. The summed E-state index contributed by atoms with van der Waals surface area (Å²) in [5.41, 5.74) is 3.25. The summed E-state index contributed by atoms with van der Waals surface area (Å²) in [6.45, 7) is 3.69. The van der Waals surface area contributed by atoms with Gasteiger partial charge in [-0.05, 0) is 73.5 Å². The first kappa shape index (κ1) is 24.2. The largest absolute Gasteiger partial charge is 0.508 e. The Morgan fingerprint density at radius 3 is 2.36 bits per heavy atom. The van der Waals surface area contributed by atoms with Gasteiger partial charge in [0, 0.05) is 5.69 Å². The van der Waals surface area contributed by atoms with E-state index in [1.807, 2.05) is 32.0 Å². The fraction of sp³-hybridized carbons (Fsp3) is 0.111. The van der Waals surface area contributed by atoms with Gasteiger partial charge in [0.25, 0.3) is 17.7 Å². The van der Waals surface area contributed by atoms with E-state index in [-0.39, 0.29) is 29.5 Å². The number of carbonyl (C=O) groups is 4. The Balaban J connectivity index is 1.42. The number of ether oxygens (including phenoxy) is 1. The second-order valence-corrected chi connectivity index (χ2v) is 8.20. The highest BCUT2D eigenvalue weighted by Gasteiger charge is 2.36. The lowest BCUT2D eigenvalue weighted by Gasteiger charge is -2.26. The number of benzene rings is 3. The van der Waals surface area contributed by atoms with Gasteiger partial charge in [-0.2, -0.15) is 0 Å². The van der Waals surface area contributed by atoms with E-state index in [2.05, 4.69) is 10.6 Å². The SMILES string of the molecule is Cc1ccc(NC(=O)COc2ccc(/C=C3/C(=O)NC(=O)N(c4ccc(O)cc4)C3=O)cc2)c(C)c1. The van der Waals surface area contributed by atoms with Crippen molar-refractivity contribution in [3.05, 3.63) is 89.0 Å². The quantitative estimate of drug-likeness (QED) is 0.361. The Morgan fingerprint density at radius 1 is 1.00 bits per heavy atom. The summed E-state index contributed by atoms with van der Waals surface area (Å²) in [7, 11) is 0. The molecule has 3 aromatic carbocycles. The van der Waals surface area contributed by atoms with E-state index in [0.717, 1.165) is 16.0 Å². The van der Waals surface area contributed by atoms with Crippen molar-refractivity contribution in [3.8, 4) is 11.5 Å². The highest BCUT2D eigenvalue weighted by atomic mass is 16.5. The summed E-state index contributed by atoms with van der Waals surface area (Å²) >= 11 is 0. The number of hydrogen-bond acceptors (Lipinski definition) is 6. The van der Waals surface area contributed by atoms with Crippen LogP contribution in [-0.4, -0.2) is 35.5 Å². The van der Waals surface area contributed by atoms with E-state index in [1.54, 1.807) is 24.3 Å². The van der Waals surface area contributed by atoms with Crippen molar-refractivity contribution in [2.24, 2.45) is 0 Å². The normalized spacial score (nSPS) is 14.6. The van der Waals surface area contributed by atoms with E-state index >= 15 is 0 Å². The van der Waals surface area contributed by atoms with Crippen molar-refractivity contribution in [3.63, 3.8) is 0 Å². The molecular formula is C27H23N3O6. The Labute approximate surface area is 207 Å². The van der Waals surface area contributed by atoms with Crippen molar-refractivity contribution in [1.82, 2.24) is 5.32 Å². The fourth-order valence-corrected chi connectivity index (χ4v) is 3.61. The van der Waals surface area contributed by atoms with Gasteiger partial charge in [0.05, 0.1) is 5.69 Å². The summed E-state index contributed by atoms with van der Waals surface area (Å²) < 4.78 is 5.54. The van der Waals surface area contributed by atoms with Gasteiger partial charge in [-0.3, -0.25) is 19.7 Å². The zero-order valence-electron chi connectivity index (χ0n) is 19.6. The van der Waals surface area contributed by atoms with Crippen LogP contribution in [0, 0.1) is 13.8 Å². The fourth-order valence-electron chi connectivity index (χ4n) is 3.61. The third-order valence-electron chi connectivity index (χ3n) is 5.43. The monoisotopic (exact) mass is 485 g/mol. The molecule has 0 unspecified atom stereocenters. The first-order chi connectivity index (χ1) is 17.2. The second kappa shape index (κ2) is 10.1. The highest BCUT2D eigenvalue weighted by Crippen LogP contribution is 2.24. The van der Waals surface area contributed by atoms with Gasteiger partial charge in [-0.15, -0.1) is 0 Å². The molecule has 0 saturated carbocycles. The van der Waals surface area contributed by atoms with Crippen LogP contribution >= 0.6 is 0 Å². The summed E-state index contributed by atoms with van der Waals surface area (Å²) in [6, 6.07) is 16.7. The molecule has 4 rings (SSSR count). The molecule has 1 saturated heterocycles. The van der Waals surface area contributed by atoms with Crippen LogP contribution < -0.4 is 20.3 Å². The molecule has 36 heavy (non-hydrogen) atoms. The number of aromatic hydroxyl groups is 1. The molecule has 1 aliphatic heterocycles. The number of phenolic OH excluding ortho intramolecular Hbond substituents is 1. The number of barbiturate groups is 1. The van der Waals surface area contributed by atoms with Gasteiger partial charge in [0.1, 0.15) is 17.1 Å². The number of aryl methyl sites for hydroxylation is 2. The topological polar surface area (TPSA) is 125 Å². The van der Waals surface area contributed by atoms with E-state index in [9.17, 15) is 24.3 Å². The maximum absolute atomic E-state index is 12.9. The molecule has 9 nitrogen and oxygen atoms in total. The van der Waals surface area contributed by atoms with Crippen LogP contribution in [0.25, 0.3) is 6.08 Å². The van der Waals surface area contributed by atoms with Gasteiger partial charge in [0.2, 0.25) is 0 Å². The minimum Gasteiger partial charge on any atom is -0.508 e. The highest BCUT2D eigenvalue weighted by molar-refractivity contribution is 6.39. The van der Waals surface area contributed by atoms with Crippen LogP contribution in [0.15, 0.2) is 72.3 Å². The first-order valence-electron chi connectivity index (χ1n) is 11.0. The summed E-state index contributed by atoms with van der Waals surface area (Å²) in [6.07, 6.45) is 1.36. The number of urea groups is 1. The smallest absolute Gasteiger partial charge is 0.335 e. The predicted octanol–water partition coefficient (Wildman–Crippen LogP) is 3.69. The lowest BCUT2D eigenvalue weighted by Crippen LogP contribution is -2.54. The number of anilines is 2. The minimum atomic E-state index is -0.879. The van der Waals surface area contributed by atoms with Crippen LogP contribution in [0.1, 0.15) is 16.7 Å². The predicted molar refractivity (Wildman–Crippen MR) is 134 cm³/mol. The van der Waals surface area contributed by atoms with E-state index in [0.29, 0.717) is 17.0 Å². The Morgan fingerprint density at radius 2 is 1.69 bits per heavy atom. The number of nitrogens with one attached hydrogen (secondary N) is 2. The third kappa shape index (κ3) is 5.41. The lowest BCUT2D eigenvalue weighted by molar-refractivity contribution is -0.122. The van der Waals surface area contributed by atoms with Crippen LogP contribution in [0.5, 0.6) is 11.5 Å². The van der Waals surface area contributed by atoms with Gasteiger partial charge >= 0.3 is 6.03 Å². The summed E-state index contributed by atoms with van der Waals surface area (Å²) in [5.74, 6) is -1.52. The first-order valence-corrected chi connectivity index (χ1v) is 11.0. The van der Waals surface area contributed by atoms with E-state index in [4.69, 9.17) is 4.74 Å². The summed E-state index contributed by atoms with van der Waals surface area (Å²) in [5, 5.41) is 14.4. The third-order valence-corrected chi connectivity index (χ3v) is 5.43. The number of hydrogen-bond donors (Lipinski definition) is 3. The number of imide groups is 2. The number of rotatable bonds is 6. The molecule has 1 heterocycles. The minimum absolute atomic E-state index is 0.0273. The van der Waals surface area contributed by atoms with Gasteiger partial charge in [-0.25, -0.2) is 9.69 Å². The van der Waals surface area contributed by atoms with Gasteiger partial charge in [0.15, 0.2) is 6.61 Å². The molecule has 0 atom stereocenters. The van der Waals surface area contributed by atoms with Crippen LogP contribution in [-0.2, 0) is 14.4 Å². The van der Waals surface area contributed by atoms with Gasteiger partial charge < -0.3 is 15.2 Å². The van der Waals surface area contributed by atoms with Crippen LogP contribution in [0.4, 0.5) is 16.2 Å². The average molecular weight is 485 g/mol. The average Bonchev–Trinajstić information content (AvgIpc) is 2.84. The van der Waals surface area contributed by atoms with Crippen molar-refractivity contribution >= 4 is 41.2 Å². The molecule has 0 aromatic heterocycles. The molecule has 3 aromatic rings. The standard InChI is InChI=1S/C27H23N3O6/c1-16-3-12-23(17(2)13-16)28-24(32)15-36-21-10-4-18(5-11-21)14-22-25(33)29-27(35)30(26(22)34)19-6-8-20(31)9-7-19/h3-14,31H,15H2,1-2H3,(H,28,32)(H,29,33,35)/b22-14-. The molecule has 0 bridgehead atoms. The maximum Gasteiger partial charge on any atom is 0.335 e. The van der Waals surface area contributed by atoms with E-state index in [1.165, 1.54) is 30.3 Å². The zero-order valence-corrected chi connectivity index (χ0v) is 19.6. The lowest BCUT2D eigenvalue weighted by atomic mass is 10.1. The number of carbonyl (C=O) groups excluding carboxylic acids is 4. The molecule has 0 spiro atoms. The molecule has 3 N–H and O–H groups in total. The second-order valence-electron chi connectivity index (χ2n) is 8.20.